The first-order valence-electron chi connectivity index (χ1n) is 6.95. The van der Waals surface area contributed by atoms with Gasteiger partial charge in [-0.2, -0.15) is 11.8 Å². The minimum Gasteiger partial charge on any atom is -0.382 e. The zero-order valence-electron chi connectivity index (χ0n) is 11.4. The van der Waals surface area contributed by atoms with Crippen LogP contribution < -0.4 is 5.32 Å². The summed E-state index contributed by atoms with van der Waals surface area (Å²) < 4.78 is 5.32. The van der Waals surface area contributed by atoms with Crippen molar-refractivity contribution in [3.8, 4) is 0 Å². The highest BCUT2D eigenvalue weighted by molar-refractivity contribution is 7.99. The van der Waals surface area contributed by atoms with Gasteiger partial charge in [0, 0.05) is 38.1 Å². The van der Waals surface area contributed by atoms with Gasteiger partial charge in [0.05, 0.1) is 0 Å². The van der Waals surface area contributed by atoms with Gasteiger partial charge >= 0.3 is 0 Å². The smallest absolute Gasteiger partial charge is 0.0477 e. The Hall–Kier alpha value is 0.230. The lowest BCUT2D eigenvalue weighted by atomic mass is 10.2. The van der Waals surface area contributed by atoms with Crippen molar-refractivity contribution in [1.82, 2.24) is 10.2 Å². The largest absolute Gasteiger partial charge is 0.382 e. The van der Waals surface area contributed by atoms with Gasteiger partial charge in [-0.15, -0.1) is 0 Å². The van der Waals surface area contributed by atoms with Crippen molar-refractivity contribution in [3.63, 3.8) is 0 Å². The SMILES string of the molecule is CCOCCCNCC(C)N1CCCSCC1. The van der Waals surface area contributed by atoms with E-state index in [2.05, 4.69) is 28.9 Å². The van der Waals surface area contributed by atoms with E-state index in [1.165, 1.54) is 31.0 Å². The summed E-state index contributed by atoms with van der Waals surface area (Å²) in [4.78, 5) is 2.62. The van der Waals surface area contributed by atoms with Crippen LogP contribution in [0.25, 0.3) is 0 Å². The molecule has 0 spiro atoms. The van der Waals surface area contributed by atoms with E-state index in [1.54, 1.807) is 0 Å². The van der Waals surface area contributed by atoms with Gasteiger partial charge in [-0.3, -0.25) is 4.90 Å². The number of thioether (sulfide) groups is 1. The minimum atomic E-state index is 0.667. The summed E-state index contributed by atoms with van der Waals surface area (Å²) in [6, 6.07) is 0.667. The fraction of sp³-hybridized carbons (Fsp3) is 1.00. The Morgan fingerprint density at radius 2 is 2.24 bits per heavy atom. The fourth-order valence-electron chi connectivity index (χ4n) is 2.09. The van der Waals surface area contributed by atoms with E-state index in [1.807, 2.05) is 6.92 Å². The maximum atomic E-state index is 5.32. The molecular weight excluding hydrogens is 232 g/mol. The first-order valence-corrected chi connectivity index (χ1v) is 8.10. The van der Waals surface area contributed by atoms with Crippen LogP contribution in [-0.4, -0.2) is 61.8 Å². The summed E-state index contributed by atoms with van der Waals surface area (Å²) in [5.74, 6) is 2.64. The Bertz CT molecular complexity index is 173. The Kier molecular flexibility index (Phi) is 9.16. The third-order valence-corrected chi connectivity index (χ3v) is 4.21. The quantitative estimate of drug-likeness (QED) is 0.673. The van der Waals surface area contributed by atoms with E-state index in [4.69, 9.17) is 4.74 Å². The molecule has 0 bridgehead atoms. The molecule has 0 saturated carbocycles. The molecule has 0 amide bonds. The molecule has 0 aliphatic carbocycles. The molecule has 0 aromatic heterocycles. The van der Waals surface area contributed by atoms with Gasteiger partial charge in [0.1, 0.15) is 0 Å². The molecule has 1 atom stereocenters. The molecule has 1 aliphatic rings. The van der Waals surface area contributed by atoms with Crippen molar-refractivity contribution in [2.75, 3.05) is 50.9 Å². The maximum Gasteiger partial charge on any atom is 0.0477 e. The van der Waals surface area contributed by atoms with Gasteiger partial charge in [-0.05, 0) is 45.5 Å². The Morgan fingerprint density at radius 1 is 1.35 bits per heavy atom. The van der Waals surface area contributed by atoms with Crippen LogP contribution in [0.4, 0.5) is 0 Å². The van der Waals surface area contributed by atoms with Crippen LogP contribution in [0.15, 0.2) is 0 Å². The van der Waals surface area contributed by atoms with E-state index in [0.717, 1.165) is 32.7 Å². The lowest BCUT2D eigenvalue weighted by Gasteiger charge is -2.27. The van der Waals surface area contributed by atoms with Crippen LogP contribution in [0.1, 0.15) is 26.7 Å². The molecule has 1 fully saturated rings. The van der Waals surface area contributed by atoms with Crippen LogP contribution in [0.3, 0.4) is 0 Å². The molecule has 1 rings (SSSR count). The van der Waals surface area contributed by atoms with Crippen molar-refractivity contribution in [2.45, 2.75) is 32.7 Å². The molecule has 17 heavy (non-hydrogen) atoms. The first-order chi connectivity index (χ1) is 8.34. The fourth-order valence-corrected chi connectivity index (χ4v) is 2.99. The van der Waals surface area contributed by atoms with Gasteiger partial charge in [0.15, 0.2) is 0 Å². The van der Waals surface area contributed by atoms with Crippen LogP contribution in [-0.2, 0) is 4.74 Å². The molecule has 0 aromatic rings. The van der Waals surface area contributed by atoms with E-state index in [0.29, 0.717) is 6.04 Å². The summed E-state index contributed by atoms with van der Waals surface area (Å²) in [6.45, 7) is 10.8. The summed E-state index contributed by atoms with van der Waals surface area (Å²) in [5.41, 5.74) is 0. The molecule has 1 aliphatic heterocycles. The van der Waals surface area contributed by atoms with E-state index in [9.17, 15) is 0 Å². The number of rotatable bonds is 8. The zero-order valence-corrected chi connectivity index (χ0v) is 12.2. The average molecular weight is 260 g/mol. The maximum absolute atomic E-state index is 5.32. The molecule has 1 saturated heterocycles. The van der Waals surface area contributed by atoms with Crippen molar-refractivity contribution >= 4 is 11.8 Å². The minimum absolute atomic E-state index is 0.667. The molecule has 0 aromatic carbocycles. The second kappa shape index (κ2) is 10.2. The van der Waals surface area contributed by atoms with Gasteiger partial charge < -0.3 is 10.1 Å². The predicted molar refractivity (Wildman–Crippen MR) is 77.0 cm³/mol. The Balaban J connectivity index is 2.01. The normalized spacial score (nSPS) is 20.1. The molecule has 4 heteroatoms. The van der Waals surface area contributed by atoms with Crippen LogP contribution >= 0.6 is 11.8 Å². The first kappa shape index (κ1) is 15.3. The molecule has 102 valence electrons. The van der Waals surface area contributed by atoms with Crippen LogP contribution in [0, 0.1) is 0 Å². The number of ether oxygens (including phenoxy) is 1. The van der Waals surface area contributed by atoms with Crippen molar-refractivity contribution in [3.05, 3.63) is 0 Å². The van der Waals surface area contributed by atoms with Crippen LogP contribution in [0.2, 0.25) is 0 Å². The highest BCUT2D eigenvalue weighted by atomic mass is 32.2. The van der Waals surface area contributed by atoms with Crippen molar-refractivity contribution < 1.29 is 4.74 Å². The standard InChI is InChI=1S/C13H28N2OS/c1-3-16-9-4-6-14-12-13(2)15-7-5-10-17-11-8-15/h13-14H,3-12H2,1-2H3. The average Bonchev–Trinajstić information content (AvgIpc) is 2.62. The molecular formula is C13H28N2OS. The highest BCUT2D eigenvalue weighted by Gasteiger charge is 2.14. The summed E-state index contributed by atoms with van der Waals surface area (Å²) in [5, 5.41) is 3.53. The van der Waals surface area contributed by atoms with Gasteiger partial charge in [0.25, 0.3) is 0 Å². The molecule has 1 heterocycles. The van der Waals surface area contributed by atoms with Crippen molar-refractivity contribution in [1.29, 1.82) is 0 Å². The monoisotopic (exact) mass is 260 g/mol. The summed E-state index contributed by atoms with van der Waals surface area (Å²) in [7, 11) is 0. The lowest BCUT2D eigenvalue weighted by molar-refractivity contribution is 0.143. The summed E-state index contributed by atoms with van der Waals surface area (Å²) in [6.07, 6.45) is 2.47. The highest BCUT2D eigenvalue weighted by Crippen LogP contribution is 2.11. The lowest BCUT2D eigenvalue weighted by Crippen LogP contribution is -2.41. The second-order valence-electron chi connectivity index (χ2n) is 4.61. The number of hydrogen-bond donors (Lipinski definition) is 1. The van der Waals surface area contributed by atoms with Crippen LogP contribution in [0.5, 0.6) is 0 Å². The van der Waals surface area contributed by atoms with E-state index < -0.39 is 0 Å². The van der Waals surface area contributed by atoms with Gasteiger partial charge in [-0.25, -0.2) is 0 Å². The third-order valence-electron chi connectivity index (χ3n) is 3.17. The third kappa shape index (κ3) is 7.29. The van der Waals surface area contributed by atoms with Crippen molar-refractivity contribution in [2.24, 2.45) is 0 Å². The predicted octanol–water partition coefficient (Wildman–Crippen LogP) is 1.83. The van der Waals surface area contributed by atoms with E-state index >= 15 is 0 Å². The number of hydrogen-bond acceptors (Lipinski definition) is 4. The molecule has 1 unspecified atom stereocenters. The molecule has 0 radical (unpaired) electrons. The Labute approximate surface area is 111 Å². The number of nitrogens with zero attached hydrogens (tertiary/aromatic N) is 1. The van der Waals surface area contributed by atoms with E-state index in [-0.39, 0.29) is 0 Å². The topological polar surface area (TPSA) is 24.5 Å². The Morgan fingerprint density at radius 3 is 3.06 bits per heavy atom. The van der Waals surface area contributed by atoms with Gasteiger partial charge in [0.2, 0.25) is 0 Å². The zero-order chi connectivity index (χ0) is 12.3. The van der Waals surface area contributed by atoms with Gasteiger partial charge in [-0.1, -0.05) is 0 Å². The molecule has 3 nitrogen and oxygen atoms in total. The number of nitrogens with one attached hydrogen (secondary N) is 1. The molecule has 1 N–H and O–H groups in total. The summed E-state index contributed by atoms with van der Waals surface area (Å²) >= 11 is 2.10. The second-order valence-corrected chi connectivity index (χ2v) is 5.83.